The molecule has 0 spiro atoms. The largest absolute Gasteiger partial charge is 0.387 e. The molecule has 5 nitrogen and oxygen atoms in total. The normalized spacial score (nSPS) is 12.9. The van der Waals surface area contributed by atoms with Gasteiger partial charge < -0.3 is 5.11 Å². The van der Waals surface area contributed by atoms with Crippen molar-refractivity contribution in [1.82, 2.24) is 19.4 Å². The number of hydrogen-bond acceptors (Lipinski definition) is 5. The van der Waals surface area contributed by atoms with Gasteiger partial charge >= 0.3 is 0 Å². The van der Waals surface area contributed by atoms with Crippen LogP contribution in [0.5, 0.6) is 0 Å². The Morgan fingerprint density at radius 3 is 3.07 bits per heavy atom. The third-order valence-electron chi connectivity index (χ3n) is 2.31. The highest BCUT2D eigenvalue weighted by Gasteiger charge is 2.11. The molecule has 2 aromatic rings. The average molecular weight is 224 g/mol. The lowest BCUT2D eigenvalue weighted by atomic mass is 10.1. The molecule has 0 amide bonds. The van der Waals surface area contributed by atoms with Crippen molar-refractivity contribution in [2.24, 2.45) is 7.05 Å². The first-order chi connectivity index (χ1) is 7.27. The average Bonchev–Trinajstić information content (AvgIpc) is 2.85. The summed E-state index contributed by atoms with van der Waals surface area (Å²) < 4.78 is 5.53. The zero-order chi connectivity index (χ0) is 10.7. The van der Waals surface area contributed by atoms with Gasteiger partial charge in [0.25, 0.3) is 0 Å². The minimum absolute atomic E-state index is 0.529. The predicted octanol–water partition coefficient (Wildman–Crippen LogP) is 0.938. The summed E-state index contributed by atoms with van der Waals surface area (Å²) in [6.45, 7) is 0. The number of aliphatic hydroxyl groups is 1. The van der Waals surface area contributed by atoms with Crippen LogP contribution in [0.1, 0.15) is 23.9 Å². The third-order valence-corrected chi connectivity index (χ3v) is 2.84. The molecular formula is C9H12N4OS. The minimum Gasteiger partial charge on any atom is -0.387 e. The Kier molecular flexibility index (Phi) is 3.08. The molecule has 0 radical (unpaired) electrons. The zero-order valence-corrected chi connectivity index (χ0v) is 9.18. The number of rotatable bonds is 4. The maximum absolute atomic E-state index is 9.77. The van der Waals surface area contributed by atoms with E-state index in [-0.39, 0.29) is 0 Å². The quantitative estimate of drug-likeness (QED) is 0.839. The lowest BCUT2D eigenvalue weighted by Gasteiger charge is -2.06. The van der Waals surface area contributed by atoms with Crippen molar-refractivity contribution in [2.75, 3.05) is 0 Å². The smallest absolute Gasteiger partial charge is 0.104 e. The van der Waals surface area contributed by atoms with E-state index in [2.05, 4.69) is 14.7 Å². The molecule has 1 N–H and O–H groups in total. The lowest BCUT2D eigenvalue weighted by molar-refractivity contribution is 0.162. The Hall–Kier alpha value is -1.27. The highest BCUT2D eigenvalue weighted by Crippen LogP contribution is 2.17. The Balaban J connectivity index is 1.91. The molecule has 0 bridgehead atoms. The predicted molar refractivity (Wildman–Crippen MR) is 56.4 cm³/mol. The van der Waals surface area contributed by atoms with Crippen molar-refractivity contribution >= 4 is 11.5 Å². The van der Waals surface area contributed by atoms with Crippen LogP contribution in [0.15, 0.2) is 17.6 Å². The Morgan fingerprint density at radius 1 is 1.60 bits per heavy atom. The van der Waals surface area contributed by atoms with Gasteiger partial charge in [-0.15, -0.1) is 5.10 Å². The van der Waals surface area contributed by atoms with Crippen LogP contribution in [0.2, 0.25) is 0 Å². The first-order valence-electron chi connectivity index (χ1n) is 4.69. The van der Waals surface area contributed by atoms with E-state index in [9.17, 15) is 5.11 Å². The summed E-state index contributed by atoms with van der Waals surface area (Å²) in [7, 11) is 1.89. The molecule has 0 saturated heterocycles. The van der Waals surface area contributed by atoms with Crippen molar-refractivity contribution < 1.29 is 5.11 Å². The van der Waals surface area contributed by atoms with Gasteiger partial charge in [-0.1, -0.05) is 4.49 Å². The van der Waals surface area contributed by atoms with Gasteiger partial charge in [0.1, 0.15) is 5.69 Å². The molecule has 1 unspecified atom stereocenters. The van der Waals surface area contributed by atoms with E-state index in [1.165, 1.54) is 11.5 Å². The van der Waals surface area contributed by atoms with Crippen molar-refractivity contribution in [3.8, 4) is 0 Å². The van der Waals surface area contributed by atoms with Crippen LogP contribution in [0.4, 0.5) is 0 Å². The second-order valence-corrected chi connectivity index (χ2v) is 3.94. The highest BCUT2D eigenvalue weighted by atomic mass is 32.1. The molecular weight excluding hydrogens is 212 g/mol. The minimum atomic E-state index is -0.529. The van der Waals surface area contributed by atoms with Crippen LogP contribution in [-0.4, -0.2) is 24.5 Å². The maximum Gasteiger partial charge on any atom is 0.104 e. The SMILES string of the molecule is Cn1nccc1CCC(O)c1csnn1. The summed E-state index contributed by atoms with van der Waals surface area (Å²) in [5.41, 5.74) is 1.76. The molecule has 2 aromatic heterocycles. The highest BCUT2D eigenvalue weighted by molar-refractivity contribution is 7.03. The fraction of sp³-hybridized carbons (Fsp3) is 0.444. The van der Waals surface area contributed by atoms with E-state index in [0.717, 1.165) is 12.1 Å². The van der Waals surface area contributed by atoms with Crippen LogP contribution in [0.3, 0.4) is 0 Å². The molecule has 2 heterocycles. The van der Waals surface area contributed by atoms with Gasteiger partial charge in [-0.3, -0.25) is 4.68 Å². The van der Waals surface area contributed by atoms with E-state index in [1.54, 1.807) is 11.6 Å². The van der Waals surface area contributed by atoms with E-state index in [0.29, 0.717) is 12.1 Å². The fourth-order valence-corrected chi connectivity index (χ4v) is 1.90. The van der Waals surface area contributed by atoms with Gasteiger partial charge in [-0.25, -0.2) is 0 Å². The van der Waals surface area contributed by atoms with Crippen molar-refractivity contribution in [1.29, 1.82) is 0 Å². The molecule has 2 rings (SSSR count). The van der Waals surface area contributed by atoms with Crippen LogP contribution in [0.25, 0.3) is 0 Å². The van der Waals surface area contributed by atoms with E-state index in [4.69, 9.17) is 0 Å². The molecule has 0 aliphatic rings. The first kappa shape index (κ1) is 10.3. The molecule has 6 heteroatoms. The van der Waals surface area contributed by atoms with Crippen molar-refractivity contribution in [2.45, 2.75) is 18.9 Å². The molecule has 0 aliphatic carbocycles. The second kappa shape index (κ2) is 4.50. The zero-order valence-electron chi connectivity index (χ0n) is 8.37. The molecule has 80 valence electrons. The summed E-state index contributed by atoms with van der Waals surface area (Å²) in [4.78, 5) is 0. The fourth-order valence-electron chi connectivity index (χ4n) is 1.40. The molecule has 0 aliphatic heterocycles. The molecule has 0 aromatic carbocycles. The van der Waals surface area contributed by atoms with Gasteiger partial charge in [0.15, 0.2) is 0 Å². The second-order valence-electron chi connectivity index (χ2n) is 3.33. The molecule has 15 heavy (non-hydrogen) atoms. The number of hydrogen-bond donors (Lipinski definition) is 1. The molecule has 0 saturated carbocycles. The Bertz CT molecular complexity index is 411. The van der Waals surface area contributed by atoms with E-state index < -0.39 is 6.10 Å². The van der Waals surface area contributed by atoms with E-state index in [1.807, 2.05) is 17.8 Å². The maximum atomic E-state index is 9.77. The summed E-state index contributed by atoms with van der Waals surface area (Å²) in [6.07, 6.45) is 2.66. The first-order valence-corrected chi connectivity index (χ1v) is 5.53. The van der Waals surface area contributed by atoms with Crippen LogP contribution in [-0.2, 0) is 13.5 Å². The third kappa shape index (κ3) is 2.40. The summed E-state index contributed by atoms with van der Waals surface area (Å²) in [5, 5.41) is 19.4. The van der Waals surface area contributed by atoms with Gasteiger partial charge in [0, 0.05) is 24.3 Å². The Labute approximate surface area is 91.5 Å². The topological polar surface area (TPSA) is 63.8 Å². The van der Waals surface area contributed by atoms with Gasteiger partial charge in [-0.2, -0.15) is 5.10 Å². The summed E-state index contributed by atoms with van der Waals surface area (Å²) in [5.74, 6) is 0. The van der Waals surface area contributed by atoms with Crippen molar-refractivity contribution in [3.63, 3.8) is 0 Å². The summed E-state index contributed by atoms with van der Waals surface area (Å²) in [6, 6.07) is 1.95. The number of aliphatic hydroxyl groups excluding tert-OH is 1. The van der Waals surface area contributed by atoms with Gasteiger partial charge in [0.05, 0.1) is 6.10 Å². The van der Waals surface area contributed by atoms with Crippen LogP contribution in [0, 0.1) is 0 Å². The van der Waals surface area contributed by atoms with Gasteiger partial charge in [-0.05, 0) is 30.4 Å². The summed E-state index contributed by atoms with van der Waals surface area (Å²) >= 11 is 1.26. The number of aryl methyl sites for hydroxylation is 2. The van der Waals surface area contributed by atoms with E-state index >= 15 is 0 Å². The Morgan fingerprint density at radius 2 is 2.47 bits per heavy atom. The standard InChI is InChI=1S/C9H12N4OS/c1-13-7(4-5-10-13)2-3-9(14)8-6-15-12-11-8/h4-6,9,14H,2-3H2,1H3. The monoisotopic (exact) mass is 224 g/mol. The lowest BCUT2D eigenvalue weighted by Crippen LogP contribution is -2.03. The number of aromatic nitrogens is 4. The van der Waals surface area contributed by atoms with Crippen LogP contribution < -0.4 is 0 Å². The van der Waals surface area contributed by atoms with Crippen LogP contribution >= 0.6 is 11.5 Å². The molecule has 1 atom stereocenters. The van der Waals surface area contributed by atoms with Gasteiger partial charge in [0.2, 0.25) is 0 Å². The number of nitrogens with zero attached hydrogens (tertiary/aromatic N) is 4. The van der Waals surface area contributed by atoms with Crippen molar-refractivity contribution in [3.05, 3.63) is 29.0 Å². The molecule has 0 fully saturated rings.